The lowest BCUT2D eigenvalue weighted by Crippen LogP contribution is -2.37. The Morgan fingerprint density at radius 3 is 2.95 bits per heavy atom. The lowest BCUT2D eigenvalue weighted by atomic mass is 10.1. The average molecular weight is 329 g/mol. The predicted octanol–water partition coefficient (Wildman–Crippen LogP) is 3.55. The van der Waals surface area contributed by atoms with E-state index < -0.39 is 0 Å². The first-order chi connectivity index (χ1) is 9.19. The van der Waals surface area contributed by atoms with Crippen LogP contribution in [0.2, 0.25) is 0 Å². The van der Waals surface area contributed by atoms with E-state index in [9.17, 15) is 4.39 Å². The smallest absolute Gasteiger partial charge is 0.128 e. The fraction of sp³-hybridized carbons (Fsp3) is 0.600. The molecule has 0 aromatic heterocycles. The summed E-state index contributed by atoms with van der Waals surface area (Å²) in [5, 5.41) is 3.51. The van der Waals surface area contributed by atoms with Gasteiger partial charge in [-0.1, -0.05) is 28.9 Å². The van der Waals surface area contributed by atoms with E-state index in [0.29, 0.717) is 12.6 Å². The molecule has 1 N–H and O–H groups in total. The van der Waals surface area contributed by atoms with Crippen molar-refractivity contribution in [2.24, 2.45) is 0 Å². The molecule has 0 aliphatic carbocycles. The van der Waals surface area contributed by atoms with Crippen LogP contribution in [0.1, 0.15) is 31.7 Å². The molecule has 1 aliphatic heterocycles. The second kappa shape index (κ2) is 7.36. The largest absolute Gasteiger partial charge is 0.313 e. The van der Waals surface area contributed by atoms with Gasteiger partial charge in [-0.15, -0.1) is 0 Å². The van der Waals surface area contributed by atoms with Gasteiger partial charge in [0.1, 0.15) is 5.82 Å². The maximum atomic E-state index is 13.9. The summed E-state index contributed by atoms with van der Waals surface area (Å²) in [7, 11) is 0. The van der Waals surface area contributed by atoms with Crippen LogP contribution in [-0.4, -0.2) is 30.6 Å². The molecule has 1 aromatic carbocycles. The van der Waals surface area contributed by atoms with Gasteiger partial charge < -0.3 is 5.32 Å². The van der Waals surface area contributed by atoms with Gasteiger partial charge in [-0.3, -0.25) is 4.90 Å². The van der Waals surface area contributed by atoms with E-state index in [-0.39, 0.29) is 5.82 Å². The molecular formula is C15H22BrFN2. The van der Waals surface area contributed by atoms with Crippen LogP contribution in [0.25, 0.3) is 0 Å². The molecule has 0 bridgehead atoms. The first kappa shape index (κ1) is 14.9. The monoisotopic (exact) mass is 328 g/mol. The quantitative estimate of drug-likeness (QED) is 0.859. The van der Waals surface area contributed by atoms with Gasteiger partial charge in [0, 0.05) is 29.2 Å². The fourth-order valence-electron chi connectivity index (χ4n) is 2.67. The van der Waals surface area contributed by atoms with Crippen molar-refractivity contribution in [2.75, 3.05) is 19.6 Å². The predicted molar refractivity (Wildman–Crippen MR) is 80.7 cm³/mol. The molecule has 1 atom stereocenters. The Hall–Kier alpha value is -0.450. The summed E-state index contributed by atoms with van der Waals surface area (Å²) in [6.07, 6.45) is 3.60. The van der Waals surface area contributed by atoms with Gasteiger partial charge in [0.25, 0.3) is 0 Å². The number of hydrogen-bond donors (Lipinski definition) is 1. The molecule has 0 saturated carbocycles. The minimum absolute atomic E-state index is 0.116. The topological polar surface area (TPSA) is 15.3 Å². The molecule has 106 valence electrons. The molecule has 4 heteroatoms. The summed E-state index contributed by atoms with van der Waals surface area (Å²) < 4.78 is 14.7. The molecule has 19 heavy (non-hydrogen) atoms. The van der Waals surface area contributed by atoms with Crippen LogP contribution >= 0.6 is 15.9 Å². The maximum absolute atomic E-state index is 13.9. The van der Waals surface area contributed by atoms with E-state index in [0.717, 1.165) is 36.1 Å². The number of benzene rings is 1. The minimum atomic E-state index is -0.116. The molecular weight excluding hydrogens is 307 g/mol. The molecule has 1 aliphatic rings. The van der Waals surface area contributed by atoms with Crippen molar-refractivity contribution in [1.29, 1.82) is 0 Å². The fourth-order valence-corrected chi connectivity index (χ4v) is 3.00. The second-order valence-corrected chi connectivity index (χ2v) is 6.18. The van der Waals surface area contributed by atoms with E-state index in [1.54, 1.807) is 6.07 Å². The molecule has 1 aromatic rings. The number of nitrogens with one attached hydrogen (secondary N) is 1. The van der Waals surface area contributed by atoms with Gasteiger partial charge >= 0.3 is 0 Å². The number of hydrogen-bond acceptors (Lipinski definition) is 2. The molecule has 0 radical (unpaired) electrons. The number of halogens is 2. The third kappa shape index (κ3) is 4.55. The molecule has 1 unspecified atom stereocenters. The van der Waals surface area contributed by atoms with E-state index in [4.69, 9.17) is 0 Å². The highest BCUT2D eigenvalue weighted by Crippen LogP contribution is 2.18. The van der Waals surface area contributed by atoms with Gasteiger partial charge in [0.2, 0.25) is 0 Å². The zero-order valence-electron chi connectivity index (χ0n) is 11.5. The van der Waals surface area contributed by atoms with Crippen LogP contribution in [0.4, 0.5) is 4.39 Å². The number of rotatable bonds is 6. The summed E-state index contributed by atoms with van der Waals surface area (Å²) >= 11 is 3.30. The Kier molecular flexibility index (Phi) is 5.79. The number of nitrogens with zero attached hydrogens (tertiary/aromatic N) is 1. The SMILES string of the molecule is CCCN(Cc1ccc(Br)cc1F)CC1CCCN1. The Bertz CT molecular complexity index is 405. The summed E-state index contributed by atoms with van der Waals surface area (Å²) in [5.74, 6) is -0.116. The summed E-state index contributed by atoms with van der Waals surface area (Å²) in [6, 6.07) is 5.92. The van der Waals surface area contributed by atoms with E-state index in [2.05, 4.69) is 33.1 Å². The van der Waals surface area contributed by atoms with Gasteiger partial charge in [-0.05, 0) is 44.5 Å². The third-order valence-corrected chi connectivity index (χ3v) is 4.08. The van der Waals surface area contributed by atoms with Crippen molar-refractivity contribution in [3.8, 4) is 0 Å². The van der Waals surface area contributed by atoms with Crippen molar-refractivity contribution >= 4 is 15.9 Å². The van der Waals surface area contributed by atoms with Crippen molar-refractivity contribution in [3.05, 3.63) is 34.1 Å². The van der Waals surface area contributed by atoms with Crippen LogP contribution in [-0.2, 0) is 6.54 Å². The average Bonchev–Trinajstić information content (AvgIpc) is 2.86. The van der Waals surface area contributed by atoms with Crippen molar-refractivity contribution in [1.82, 2.24) is 10.2 Å². The van der Waals surface area contributed by atoms with Gasteiger partial charge in [-0.2, -0.15) is 0 Å². The first-order valence-corrected chi connectivity index (χ1v) is 7.88. The van der Waals surface area contributed by atoms with Gasteiger partial charge in [0.05, 0.1) is 0 Å². The second-order valence-electron chi connectivity index (χ2n) is 5.26. The highest BCUT2D eigenvalue weighted by atomic mass is 79.9. The zero-order valence-corrected chi connectivity index (χ0v) is 13.0. The van der Waals surface area contributed by atoms with Crippen molar-refractivity contribution in [3.63, 3.8) is 0 Å². The molecule has 0 spiro atoms. The first-order valence-electron chi connectivity index (χ1n) is 7.08. The lowest BCUT2D eigenvalue weighted by molar-refractivity contribution is 0.238. The molecule has 2 rings (SSSR count). The Balaban J connectivity index is 1.98. The van der Waals surface area contributed by atoms with E-state index in [1.165, 1.54) is 12.8 Å². The van der Waals surface area contributed by atoms with Gasteiger partial charge in [-0.25, -0.2) is 4.39 Å². The van der Waals surface area contributed by atoms with Crippen LogP contribution in [0.3, 0.4) is 0 Å². The highest BCUT2D eigenvalue weighted by molar-refractivity contribution is 9.10. The van der Waals surface area contributed by atoms with Crippen LogP contribution in [0.5, 0.6) is 0 Å². The van der Waals surface area contributed by atoms with E-state index >= 15 is 0 Å². The molecule has 0 amide bonds. The van der Waals surface area contributed by atoms with Crippen LogP contribution in [0, 0.1) is 5.82 Å². The maximum Gasteiger partial charge on any atom is 0.128 e. The van der Waals surface area contributed by atoms with Gasteiger partial charge in [0.15, 0.2) is 0 Å². The standard InChI is InChI=1S/C15H22BrFN2/c1-2-8-19(11-14-4-3-7-18-14)10-12-5-6-13(16)9-15(12)17/h5-6,9,14,18H,2-4,7-8,10-11H2,1H3. The normalized spacial score (nSPS) is 19.3. The lowest BCUT2D eigenvalue weighted by Gasteiger charge is -2.25. The minimum Gasteiger partial charge on any atom is -0.313 e. The van der Waals surface area contributed by atoms with Crippen LogP contribution < -0.4 is 5.32 Å². The molecule has 1 heterocycles. The highest BCUT2D eigenvalue weighted by Gasteiger charge is 2.18. The van der Waals surface area contributed by atoms with E-state index in [1.807, 2.05) is 12.1 Å². The van der Waals surface area contributed by atoms with Crippen molar-refractivity contribution in [2.45, 2.75) is 38.8 Å². The Morgan fingerprint density at radius 2 is 2.32 bits per heavy atom. The zero-order chi connectivity index (χ0) is 13.7. The molecule has 1 saturated heterocycles. The van der Waals surface area contributed by atoms with Crippen molar-refractivity contribution < 1.29 is 4.39 Å². The Labute approximate surface area is 123 Å². The third-order valence-electron chi connectivity index (χ3n) is 3.59. The summed E-state index contributed by atoms with van der Waals surface area (Å²) in [4.78, 5) is 2.36. The molecule has 2 nitrogen and oxygen atoms in total. The summed E-state index contributed by atoms with van der Waals surface area (Å²) in [5.41, 5.74) is 0.787. The van der Waals surface area contributed by atoms with Crippen LogP contribution in [0.15, 0.2) is 22.7 Å². The Morgan fingerprint density at radius 1 is 1.47 bits per heavy atom. The summed E-state index contributed by atoms with van der Waals surface area (Å²) in [6.45, 7) is 6.03. The molecule has 1 fully saturated rings.